The molecule has 4 nitrogen and oxygen atoms in total. The molecule has 0 amide bonds. The molecule has 0 rings (SSSR count). The van der Waals surface area contributed by atoms with Crippen molar-refractivity contribution in [1.29, 1.82) is 0 Å². The van der Waals surface area contributed by atoms with Crippen LogP contribution in [0.4, 0.5) is 0 Å². The van der Waals surface area contributed by atoms with Crippen LogP contribution in [0.1, 0.15) is 13.8 Å². The number of rotatable bonds is 5. The van der Waals surface area contributed by atoms with Gasteiger partial charge in [-0.1, -0.05) is 0 Å². The monoisotopic (exact) mass is 184 g/mol. The van der Waals surface area contributed by atoms with E-state index < -0.39 is 12.2 Å². The summed E-state index contributed by atoms with van der Waals surface area (Å²) < 4.78 is 0. The molecule has 2 unspecified atom stereocenters. The van der Waals surface area contributed by atoms with Gasteiger partial charge in [0, 0.05) is 12.4 Å². The predicted molar refractivity (Wildman–Crippen MR) is 54.4 cm³/mol. The fourth-order valence-corrected chi connectivity index (χ4v) is 0.635. The highest BCUT2D eigenvalue weighted by Crippen LogP contribution is 1.93. The van der Waals surface area contributed by atoms with Crippen molar-refractivity contribution in [2.75, 3.05) is 6.54 Å². The number of aliphatic imine (C=N–C) groups is 2. The average Bonchev–Trinajstić information content (AvgIpc) is 2.04. The van der Waals surface area contributed by atoms with Gasteiger partial charge >= 0.3 is 0 Å². The highest BCUT2D eigenvalue weighted by Gasteiger charge is 2.08. The minimum absolute atomic E-state index is 0.194. The maximum atomic E-state index is 9.15. The molecule has 0 heterocycles. The first-order valence-electron chi connectivity index (χ1n) is 4.06. The molecule has 0 aliphatic carbocycles. The molecule has 0 saturated heterocycles. The van der Waals surface area contributed by atoms with Gasteiger partial charge in [0.1, 0.15) is 0 Å². The van der Waals surface area contributed by atoms with Crippen molar-refractivity contribution in [2.45, 2.75) is 26.1 Å². The highest BCUT2D eigenvalue weighted by molar-refractivity contribution is 5.77. The topological polar surface area (TPSA) is 65.2 Å². The number of hydrogen-bond acceptors (Lipinski definition) is 4. The molecule has 0 aliphatic rings. The molecule has 0 radical (unpaired) electrons. The van der Waals surface area contributed by atoms with Crippen LogP contribution in [0, 0.1) is 0 Å². The summed E-state index contributed by atoms with van der Waals surface area (Å²) in [7, 11) is 0. The van der Waals surface area contributed by atoms with Crippen LogP contribution < -0.4 is 0 Å². The Hall–Kier alpha value is -1.00. The first-order valence-corrected chi connectivity index (χ1v) is 4.06. The van der Waals surface area contributed by atoms with Crippen LogP contribution in [-0.4, -0.2) is 41.9 Å². The second-order valence-corrected chi connectivity index (χ2v) is 2.86. The van der Waals surface area contributed by atoms with E-state index in [1.54, 1.807) is 12.4 Å². The zero-order valence-corrected chi connectivity index (χ0v) is 8.01. The van der Waals surface area contributed by atoms with E-state index in [0.717, 1.165) is 5.57 Å². The number of hydrogen-bond donors (Lipinski definition) is 2. The van der Waals surface area contributed by atoms with E-state index in [0.29, 0.717) is 0 Å². The Labute approximate surface area is 78.3 Å². The summed E-state index contributed by atoms with van der Waals surface area (Å²) in [5.74, 6) is 0. The van der Waals surface area contributed by atoms with E-state index in [1.165, 1.54) is 6.92 Å². The van der Waals surface area contributed by atoms with Crippen LogP contribution in [0.15, 0.2) is 21.8 Å². The molecule has 2 N–H and O–H groups in total. The predicted octanol–water partition coefficient (Wildman–Crippen LogP) is 0.403. The van der Waals surface area contributed by atoms with E-state index in [9.17, 15) is 0 Å². The minimum atomic E-state index is -0.805. The number of aliphatic hydroxyl groups excluding tert-OH is 2. The largest absolute Gasteiger partial charge is 0.391 e. The first kappa shape index (κ1) is 12.0. The maximum Gasteiger partial charge on any atom is 0.0990 e. The average molecular weight is 184 g/mol. The second kappa shape index (κ2) is 6.51. The van der Waals surface area contributed by atoms with Gasteiger partial charge in [0.25, 0.3) is 0 Å². The summed E-state index contributed by atoms with van der Waals surface area (Å²) in [6.45, 7) is 6.84. The Morgan fingerprint density at radius 3 is 2.62 bits per heavy atom. The van der Waals surface area contributed by atoms with Crippen molar-refractivity contribution in [2.24, 2.45) is 9.98 Å². The molecule has 0 aromatic heterocycles. The van der Waals surface area contributed by atoms with Crippen LogP contribution in [0.3, 0.4) is 0 Å². The highest BCUT2D eigenvalue weighted by atomic mass is 16.3. The van der Waals surface area contributed by atoms with Gasteiger partial charge in [-0.2, -0.15) is 0 Å². The minimum Gasteiger partial charge on any atom is -0.391 e. The lowest BCUT2D eigenvalue weighted by Crippen LogP contribution is -2.25. The number of nitrogens with zero attached hydrogens (tertiary/aromatic N) is 2. The van der Waals surface area contributed by atoms with Gasteiger partial charge < -0.3 is 10.2 Å². The Morgan fingerprint density at radius 2 is 2.15 bits per heavy atom. The second-order valence-electron chi connectivity index (χ2n) is 2.86. The molecule has 0 bridgehead atoms. The molecule has 74 valence electrons. The normalized spacial score (nSPS) is 17.4. The summed E-state index contributed by atoms with van der Waals surface area (Å²) in [4.78, 5) is 7.47. The van der Waals surface area contributed by atoms with Gasteiger partial charge in [0.15, 0.2) is 0 Å². The Balaban J connectivity index is 3.87. The smallest absolute Gasteiger partial charge is 0.0990 e. The Morgan fingerprint density at radius 1 is 1.54 bits per heavy atom. The van der Waals surface area contributed by atoms with Gasteiger partial charge in [0.05, 0.1) is 18.8 Å². The molecular formula is C9H16N2O2. The van der Waals surface area contributed by atoms with E-state index >= 15 is 0 Å². The SMILES string of the molecule is C=N/C=C(C)\C=N/CC(O)C(C)O. The zero-order chi connectivity index (χ0) is 10.3. The molecule has 4 heteroatoms. The standard InChI is InChI=1S/C9H16N2O2/c1-7(4-10-3)5-11-6-9(13)8(2)12/h4-5,8-9,12-13H,3,6H2,1-2H3/b7-4-,11-5-. The molecule has 0 aliphatic heterocycles. The van der Waals surface area contributed by atoms with Crippen molar-refractivity contribution < 1.29 is 10.2 Å². The molecule has 0 saturated carbocycles. The molecule has 0 fully saturated rings. The Kier molecular flexibility index (Phi) is 6.01. The zero-order valence-electron chi connectivity index (χ0n) is 8.01. The molecule has 2 atom stereocenters. The van der Waals surface area contributed by atoms with E-state index in [4.69, 9.17) is 10.2 Å². The van der Waals surface area contributed by atoms with Crippen molar-refractivity contribution in [3.8, 4) is 0 Å². The molecule has 0 aromatic carbocycles. The Bertz CT molecular complexity index is 210. The third-order valence-corrected chi connectivity index (χ3v) is 1.44. The van der Waals surface area contributed by atoms with Crippen LogP contribution >= 0.6 is 0 Å². The number of aliphatic hydroxyl groups is 2. The fraction of sp³-hybridized carbons (Fsp3) is 0.556. The summed E-state index contributed by atoms with van der Waals surface area (Å²) in [5, 5.41) is 18.1. The van der Waals surface area contributed by atoms with Crippen molar-refractivity contribution >= 4 is 12.9 Å². The van der Waals surface area contributed by atoms with E-state index in [2.05, 4.69) is 16.7 Å². The van der Waals surface area contributed by atoms with Gasteiger partial charge in [-0.05, 0) is 26.1 Å². The van der Waals surface area contributed by atoms with Gasteiger partial charge in [-0.3, -0.25) is 9.98 Å². The molecular weight excluding hydrogens is 168 g/mol. The summed E-state index contributed by atoms with van der Waals surface area (Å²) in [6.07, 6.45) is 1.60. The van der Waals surface area contributed by atoms with Gasteiger partial charge in [-0.25, -0.2) is 0 Å². The van der Waals surface area contributed by atoms with Gasteiger partial charge in [0.2, 0.25) is 0 Å². The first-order chi connectivity index (χ1) is 6.07. The maximum absolute atomic E-state index is 9.15. The fourth-order valence-electron chi connectivity index (χ4n) is 0.635. The number of allylic oxidation sites excluding steroid dienone is 1. The van der Waals surface area contributed by atoms with Crippen LogP contribution in [0.25, 0.3) is 0 Å². The van der Waals surface area contributed by atoms with Crippen molar-refractivity contribution in [3.63, 3.8) is 0 Å². The summed E-state index contributed by atoms with van der Waals surface area (Å²) in [5.41, 5.74) is 0.854. The summed E-state index contributed by atoms with van der Waals surface area (Å²) >= 11 is 0. The third kappa shape index (κ3) is 6.19. The third-order valence-electron chi connectivity index (χ3n) is 1.44. The lowest BCUT2D eigenvalue weighted by molar-refractivity contribution is 0.0378. The van der Waals surface area contributed by atoms with Crippen LogP contribution in [-0.2, 0) is 0 Å². The lowest BCUT2D eigenvalue weighted by Gasteiger charge is -2.09. The van der Waals surface area contributed by atoms with Crippen LogP contribution in [0.5, 0.6) is 0 Å². The summed E-state index contributed by atoms with van der Waals surface area (Å²) in [6, 6.07) is 0. The van der Waals surface area contributed by atoms with Crippen molar-refractivity contribution in [1.82, 2.24) is 0 Å². The molecule has 0 spiro atoms. The van der Waals surface area contributed by atoms with E-state index in [-0.39, 0.29) is 6.54 Å². The van der Waals surface area contributed by atoms with Gasteiger partial charge in [-0.15, -0.1) is 0 Å². The lowest BCUT2D eigenvalue weighted by atomic mass is 10.2. The quantitative estimate of drug-likeness (QED) is 0.607. The van der Waals surface area contributed by atoms with Crippen LogP contribution in [0.2, 0.25) is 0 Å². The van der Waals surface area contributed by atoms with E-state index in [1.807, 2.05) is 6.92 Å². The van der Waals surface area contributed by atoms with Crippen molar-refractivity contribution in [3.05, 3.63) is 11.8 Å². The molecule has 13 heavy (non-hydrogen) atoms. The molecule has 0 aromatic rings.